The largest absolute Gasteiger partial charge is 0.311 e. The van der Waals surface area contributed by atoms with Crippen molar-refractivity contribution in [3.05, 3.63) is 217 Å². The molecule has 0 saturated heterocycles. The molecule has 0 unspecified atom stereocenters. The van der Waals surface area contributed by atoms with Crippen molar-refractivity contribution in [2.75, 3.05) is 9.80 Å². The minimum Gasteiger partial charge on any atom is -0.311 e. The van der Waals surface area contributed by atoms with Crippen LogP contribution >= 0.6 is 0 Å². The molecule has 0 saturated carbocycles. The molecular weight excluding hydrogens is 641 g/mol. The Hall–Kier alpha value is -6.64. The molecule has 9 rings (SSSR count). The van der Waals surface area contributed by atoms with Crippen LogP contribution in [0.3, 0.4) is 0 Å². The topological polar surface area (TPSA) is 6.48 Å². The smallest absolute Gasteiger partial charge is 0.0645 e. The molecule has 2 heteroatoms. The molecular formula is C51H40N2. The Kier molecular flexibility index (Phi) is 5.51. The highest BCUT2D eigenvalue weighted by atomic mass is 15.1. The molecule has 0 aliphatic heterocycles. The fraction of sp³-hybridized carbons (Fsp3) is 0.0588. The van der Waals surface area contributed by atoms with Crippen LogP contribution in [0.4, 0.5) is 34.1 Å². The van der Waals surface area contributed by atoms with Crippen molar-refractivity contribution in [1.29, 1.82) is 0 Å². The number of benzene rings is 8. The van der Waals surface area contributed by atoms with E-state index in [1.165, 1.54) is 0 Å². The van der Waals surface area contributed by atoms with Gasteiger partial charge in [0.05, 0.1) is 16.4 Å². The highest BCUT2D eigenvalue weighted by Crippen LogP contribution is 2.50. The van der Waals surface area contributed by atoms with Gasteiger partial charge in [-0.25, -0.2) is 0 Å². The lowest BCUT2D eigenvalue weighted by molar-refractivity contribution is 0.660. The third kappa shape index (κ3) is 5.99. The standard InChI is InChI=1S/C51H40N2/c1-51(2)49-21-13-12-20-47(49)48-35-34-46(36-50(48)51)53(43-18-10-5-11-19-43)45-32-28-40(29-33-45)38-24-22-37(23-25-38)39-26-30-44(31-27-39)52(41-14-6-3-7-15-41)42-16-8-4-9-17-42/h3-36H,1-2H3/i22D,23D,24D,25D,26D,27D,28D,29D,30D,31D,32D,33D. The van der Waals surface area contributed by atoms with Crippen LogP contribution in [0.5, 0.6) is 0 Å². The van der Waals surface area contributed by atoms with Gasteiger partial charge < -0.3 is 9.80 Å². The fourth-order valence-electron chi connectivity index (χ4n) is 7.03. The van der Waals surface area contributed by atoms with Gasteiger partial charge in [0.1, 0.15) is 0 Å². The van der Waals surface area contributed by atoms with Gasteiger partial charge in [-0.2, -0.15) is 0 Å². The lowest BCUT2D eigenvalue weighted by Gasteiger charge is -2.28. The van der Waals surface area contributed by atoms with Gasteiger partial charge in [-0.3, -0.25) is 0 Å². The van der Waals surface area contributed by atoms with E-state index in [1.54, 1.807) is 82.6 Å². The van der Waals surface area contributed by atoms with E-state index < -0.39 is 94.8 Å². The number of fused-ring (bicyclic) bond motifs is 3. The number of rotatable bonds is 8. The maximum absolute atomic E-state index is 9.45. The van der Waals surface area contributed by atoms with Crippen LogP contribution in [0.2, 0.25) is 0 Å². The number of hydrogen-bond acceptors (Lipinski definition) is 2. The molecule has 8 aromatic carbocycles. The summed E-state index contributed by atoms with van der Waals surface area (Å²) in [6.07, 6.45) is 0. The molecule has 1 aliphatic rings. The number of para-hydroxylation sites is 3. The summed E-state index contributed by atoms with van der Waals surface area (Å²) in [6, 6.07) is 33.6. The van der Waals surface area contributed by atoms with Crippen molar-refractivity contribution >= 4 is 34.1 Å². The minimum atomic E-state index is -0.731. The SMILES string of the molecule is [2H]c1c([2H])c(-c2c([2H])c([2H])c(N(c3ccccc3)c3ccc4c(c3)C(C)(C)c3ccccc3-4)c([2H])c2[2H])c([2H])c([2H])c1-c1c([2H])c([2H])c(N(c2ccccc2)c2ccccc2)c([2H])c1[2H]. The molecule has 1 aliphatic carbocycles. The van der Waals surface area contributed by atoms with Crippen LogP contribution in [0.25, 0.3) is 33.4 Å². The van der Waals surface area contributed by atoms with Gasteiger partial charge in [0.2, 0.25) is 0 Å². The first-order valence-electron chi connectivity index (χ1n) is 23.4. The second kappa shape index (κ2) is 13.5. The summed E-state index contributed by atoms with van der Waals surface area (Å²) in [4.78, 5) is 3.24. The molecule has 0 radical (unpaired) electrons. The first-order chi connectivity index (χ1) is 31.1. The van der Waals surface area contributed by atoms with Crippen LogP contribution < -0.4 is 9.80 Å². The van der Waals surface area contributed by atoms with E-state index in [4.69, 9.17) is 0 Å². The van der Waals surface area contributed by atoms with E-state index >= 15 is 0 Å². The van der Waals surface area contributed by atoms with Crippen LogP contribution in [0.1, 0.15) is 41.4 Å². The van der Waals surface area contributed by atoms with Crippen LogP contribution in [-0.4, -0.2) is 0 Å². The lowest BCUT2D eigenvalue weighted by atomic mass is 9.82. The summed E-state index contributed by atoms with van der Waals surface area (Å²) < 4.78 is 111. The Morgan fingerprint density at radius 3 is 1.15 bits per heavy atom. The van der Waals surface area contributed by atoms with E-state index in [0.717, 1.165) is 22.3 Å². The van der Waals surface area contributed by atoms with Crippen molar-refractivity contribution in [3.8, 4) is 33.4 Å². The van der Waals surface area contributed by atoms with Gasteiger partial charge in [-0.05, 0) is 117 Å². The molecule has 0 bridgehead atoms. The van der Waals surface area contributed by atoms with Crippen molar-refractivity contribution in [1.82, 2.24) is 0 Å². The van der Waals surface area contributed by atoms with E-state index in [-0.39, 0.29) is 16.8 Å². The number of anilines is 6. The second-order valence-corrected chi connectivity index (χ2v) is 13.3. The maximum Gasteiger partial charge on any atom is 0.0645 e. The molecule has 0 atom stereocenters. The first kappa shape index (κ1) is 21.7. The molecule has 8 aromatic rings. The lowest BCUT2D eigenvalue weighted by Crippen LogP contribution is -2.16. The Labute approximate surface area is 329 Å². The van der Waals surface area contributed by atoms with Gasteiger partial charge in [0.25, 0.3) is 0 Å². The monoisotopic (exact) mass is 692 g/mol. The fourth-order valence-corrected chi connectivity index (χ4v) is 7.03. The van der Waals surface area contributed by atoms with Gasteiger partial charge in [0.15, 0.2) is 0 Å². The van der Waals surface area contributed by atoms with Crippen LogP contribution in [0.15, 0.2) is 206 Å². The van der Waals surface area contributed by atoms with Gasteiger partial charge >= 0.3 is 0 Å². The molecule has 0 fully saturated rings. The third-order valence-electron chi connectivity index (χ3n) is 9.66. The molecule has 53 heavy (non-hydrogen) atoms. The van der Waals surface area contributed by atoms with E-state index in [9.17, 15) is 16.4 Å². The summed E-state index contributed by atoms with van der Waals surface area (Å²) in [5.74, 6) is 0. The zero-order valence-electron chi connectivity index (χ0n) is 41.1. The number of hydrogen-bond donors (Lipinski definition) is 0. The zero-order valence-corrected chi connectivity index (χ0v) is 29.1. The summed E-state index contributed by atoms with van der Waals surface area (Å²) in [5.41, 5.74) is 4.13. The quantitative estimate of drug-likeness (QED) is 0.156. The van der Waals surface area contributed by atoms with E-state index in [0.29, 0.717) is 22.7 Å². The highest BCUT2D eigenvalue weighted by molar-refractivity contribution is 5.86. The van der Waals surface area contributed by atoms with Crippen molar-refractivity contribution in [2.24, 2.45) is 0 Å². The summed E-state index contributed by atoms with van der Waals surface area (Å²) in [7, 11) is 0. The van der Waals surface area contributed by atoms with Crippen molar-refractivity contribution < 1.29 is 16.4 Å². The summed E-state index contributed by atoms with van der Waals surface area (Å²) >= 11 is 0. The Balaban J connectivity index is 1.20. The van der Waals surface area contributed by atoms with Gasteiger partial charge in [-0.15, -0.1) is 0 Å². The predicted octanol–water partition coefficient (Wildman–Crippen LogP) is 14.3. The first-order valence-corrected chi connectivity index (χ1v) is 17.4. The maximum atomic E-state index is 9.45. The van der Waals surface area contributed by atoms with E-state index in [1.807, 2.05) is 48.5 Å². The van der Waals surface area contributed by atoms with Crippen molar-refractivity contribution in [3.63, 3.8) is 0 Å². The van der Waals surface area contributed by atoms with Crippen molar-refractivity contribution in [2.45, 2.75) is 19.3 Å². The summed E-state index contributed by atoms with van der Waals surface area (Å²) in [5, 5.41) is 0. The molecule has 2 nitrogen and oxygen atoms in total. The Morgan fingerprint density at radius 2 is 0.698 bits per heavy atom. The average molecular weight is 693 g/mol. The second-order valence-electron chi connectivity index (χ2n) is 13.3. The van der Waals surface area contributed by atoms with E-state index in [2.05, 4.69) is 26.0 Å². The molecule has 0 N–H and O–H groups in total. The molecule has 0 heterocycles. The Morgan fingerprint density at radius 1 is 0.340 bits per heavy atom. The van der Waals surface area contributed by atoms with Crippen LogP contribution in [-0.2, 0) is 5.41 Å². The minimum absolute atomic E-state index is 0.0844. The molecule has 254 valence electrons. The molecule has 0 spiro atoms. The zero-order chi connectivity index (χ0) is 46.2. The normalized spacial score (nSPS) is 15.7. The molecule has 0 aromatic heterocycles. The van der Waals surface area contributed by atoms with Crippen LogP contribution in [0, 0.1) is 0 Å². The predicted molar refractivity (Wildman–Crippen MR) is 224 cm³/mol. The van der Waals surface area contributed by atoms with Gasteiger partial charge in [0, 0.05) is 39.5 Å². The average Bonchev–Trinajstić information content (AvgIpc) is 3.55. The highest BCUT2D eigenvalue weighted by Gasteiger charge is 2.35. The third-order valence-corrected chi connectivity index (χ3v) is 9.66. The Bertz CT molecular complexity index is 3090. The summed E-state index contributed by atoms with van der Waals surface area (Å²) in [6.45, 7) is 4.27. The number of nitrogens with zero attached hydrogens (tertiary/aromatic N) is 2. The van der Waals surface area contributed by atoms with Gasteiger partial charge in [-0.1, -0.05) is 147 Å². The molecule has 0 amide bonds.